The molecular formula is C45H69N5O4. The predicted molar refractivity (Wildman–Crippen MR) is 212 cm³/mol. The topological polar surface area (TPSA) is 125 Å². The van der Waals surface area contributed by atoms with Gasteiger partial charge in [0, 0.05) is 33.8 Å². The number of rotatable bonds is 8. The quantitative estimate of drug-likeness (QED) is 0.257. The lowest BCUT2D eigenvalue weighted by Crippen LogP contribution is -2.69. The number of nitrogens with zero attached hydrogens (tertiary/aromatic N) is 4. The first-order valence-corrected chi connectivity index (χ1v) is 20.8. The second-order valence-electron chi connectivity index (χ2n) is 21.2. The molecule has 3 N–H and O–H groups in total. The lowest BCUT2D eigenvalue weighted by Gasteiger charge is -2.71. The van der Waals surface area contributed by atoms with Crippen LogP contribution in [0.3, 0.4) is 0 Å². The Morgan fingerprint density at radius 3 is 2.44 bits per heavy atom. The minimum absolute atomic E-state index is 0.119. The summed E-state index contributed by atoms with van der Waals surface area (Å²) in [6.07, 6.45) is 11.5. The van der Waals surface area contributed by atoms with E-state index in [2.05, 4.69) is 98.0 Å². The fraction of sp³-hybridized carbons (Fsp3) is 0.778. The van der Waals surface area contributed by atoms with Crippen LogP contribution >= 0.6 is 0 Å². The van der Waals surface area contributed by atoms with Gasteiger partial charge in [-0.15, -0.1) is 0 Å². The molecule has 2 aromatic heterocycles. The first-order chi connectivity index (χ1) is 25.1. The van der Waals surface area contributed by atoms with Crippen LogP contribution in [0.25, 0.3) is 11.4 Å². The van der Waals surface area contributed by atoms with Crippen molar-refractivity contribution in [1.29, 1.82) is 0 Å². The normalized spacial score (nSPS) is 40.9. The number of aromatic nitrogens is 4. The van der Waals surface area contributed by atoms with Gasteiger partial charge in [-0.2, -0.15) is 5.10 Å². The number of carboxylic acids is 1. The van der Waals surface area contributed by atoms with E-state index in [4.69, 9.17) is 25.3 Å². The van der Waals surface area contributed by atoms with Crippen molar-refractivity contribution in [2.45, 2.75) is 139 Å². The Bertz CT molecular complexity index is 1800. The molecule has 9 heteroatoms. The molecule has 0 radical (unpaired) electrons. The van der Waals surface area contributed by atoms with Gasteiger partial charge in [0.05, 0.1) is 37.9 Å². The largest absolute Gasteiger partial charge is 0.481 e. The highest BCUT2D eigenvalue weighted by atomic mass is 16.5. The standard InChI is InChI=1S/C45H69N5O4/c1-27(2)29(4)40(8)18-19-42(10)31-13-14-34-41(9)23-53-25-45(34,32(31)15-17-43(42,11)35(40)38(51)52)22-33(36(41)54-24-44(12,46)39(5,6)7)50-37(48-26-49-50)30-16-20-47-28(3)21-30/h15-16,20-21,26-27,29,31,33-36H,13-14,17-19,22-25,46H2,1-12H3,(H,51,52)/t29-,31+,33-,34+,35-,36+,40-,41-,42-,43+,44+,45+/m1/s1. The summed E-state index contributed by atoms with van der Waals surface area (Å²) >= 11 is 0. The maximum atomic E-state index is 13.6. The van der Waals surface area contributed by atoms with E-state index >= 15 is 0 Å². The number of fused-ring (bicyclic) bond motifs is 3. The molecule has 7 rings (SSSR count). The van der Waals surface area contributed by atoms with Crippen LogP contribution in [0.4, 0.5) is 0 Å². The number of aryl methyl sites for hydroxylation is 1. The molecule has 0 amide bonds. The fourth-order valence-corrected chi connectivity index (χ4v) is 13.0. The van der Waals surface area contributed by atoms with Crippen molar-refractivity contribution in [1.82, 2.24) is 19.7 Å². The Morgan fingerprint density at radius 1 is 1.07 bits per heavy atom. The van der Waals surface area contributed by atoms with Crippen molar-refractivity contribution < 1.29 is 19.4 Å². The second kappa shape index (κ2) is 13.0. The number of pyridine rings is 1. The van der Waals surface area contributed by atoms with Gasteiger partial charge in [0.25, 0.3) is 0 Å². The number of hydrogen-bond donors (Lipinski definition) is 2. The molecule has 0 spiro atoms. The van der Waals surface area contributed by atoms with Gasteiger partial charge in [0.2, 0.25) is 0 Å². The number of ether oxygens (including phenoxy) is 2. The first kappa shape index (κ1) is 39.6. The zero-order valence-corrected chi connectivity index (χ0v) is 35.3. The average molecular weight is 744 g/mol. The third-order valence-electron chi connectivity index (χ3n) is 17.4. The Morgan fingerprint density at radius 2 is 1.80 bits per heavy atom. The molecule has 3 heterocycles. The molecule has 4 fully saturated rings. The highest BCUT2D eigenvalue weighted by Crippen LogP contribution is 2.75. The number of allylic oxidation sites excluding steroid dienone is 1. The van der Waals surface area contributed by atoms with E-state index in [1.807, 2.05) is 19.2 Å². The van der Waals surface area contributed by atoms with E-state index in [0.29, 0.717) is 37.6 Å². The first-order valence-electron chi connectivity index (χ1n) is 20.8. The van der Waals surface area contributed by atoms with Crippen molar-refractivity contribution in [3.63, 3.8) is 0 Å². The molecule has 0 unspecified atom stereocenters. The third-order valence-corrected chi connectivity index (χ3v) is 17.4. The van der Waals surface area contributed by atoms with Gasteiger partial charge >= 0.3 is 5.97 Å². The summed E-state index contributed by atoms with van der Waals surface area (Å²) in [5.41, 5.74) is 8.38. The second-order valence-corrected chi connectivity index (χ2v) is 21.2. The fourth-order valence-electron chi connectivity index (χ4n) is 13.0. The number of hydrogen-bond acceptors (Lipinski definition) is 7. The third kappa shape index (κ3) is 5.54. The Labute approximate surface area is 324 Å². The monoisotopic (exact) mass is 744 g/mol. The molecule has 4 aliphatic carbocycles. The van der Waals surface area contributed by atoms with E-state index in [9.17, 15) is 9.90 Å². The van der Waals surface area contributed by atoms with Gasteiger partial charge in [0.1, 0.15) is 6.33 Å². The van der Waals surface area contributed by atoms with Crippen molar-refractivity contribution in [2.24, 2.45) is 67.8 Å². The van der Waals surface area contributed by atoms with Crippen molar-refractivity contribution in [2.75, 3.05) is 19.8 Å². The average Bonchev–Trinajstić information content (AvgIpc) is 3.57. The molecule has 3 saturated carbocycles. The molecule has 1 aliphatic heterocycles. The summed E-state index contributed by atoms with van der Waals surface area (Å²) in [7, 11) is 0. The van der Waals surface area contributed by atoms with Crippen LogP contribution in [-0.2, 0) is 14.3 Å². The van der Waals surface area contributed by atoms with Crippen molar-refractivity contribution >= 4 is 5.97 Å². The molecule has 5 aliphatic rings. The van der Waals surface area contributed by atoms with Gasteiger partial charge in [-0.1, -0.05) is 80.9 Å². The smallest absolute Gasteiger partial charge is 0.307 e. The SMILES string of the molecule is Cc1cc(-c2ncnn2[C@@H]2C[C@@]34COC[C@](C)([C@@H]3CC[C@H]3C4=CC[C@@]4(C)[C@H](C(=O)O)[C@@](C)([C@H](C)C(C)C)CC[C@]34C)[C@H]2OC[C@](C)(N)C(C)(C)C)ccn1. The van der Waals surface area contributed by atoms with Crippen LogP contribution < -0.4 is 5.73 Å². The van der Waals surface area contributed by atoms with Crippen LogP contribution in [0, 0.1) is 69.0 Å². The van der Waals surface area contributed by atoms with E-state index in [-0.39, 0.29) is 50.6 Å². The van der Waals surface area contributed by atoms with Gasteiger partial charge in [-0.3, -0.25) is 9.78 Å². The summed E-state index contributed by atoms with van der Waals surface area (Å²) in [5, 5.41) is 16.2. The molecule has 54 heavy (non-hydrogen) atoms. The minimum atomic E-state index is -0.624. The molecule has 1 saturated heterocycles. The Balaban J connectivity index is 1.36. The molecule has 0 aromatic carbocycles. The zero-order chi connectivity index (χ0) is 39.4. The van der Waals surface area contributed by atoms with Gasteiger partial charge in [0.15, 0.2) is 5.82 Å². The summed E-state index contributed by atoms with van der Waals surface area (Å²) in [5.74, 6) is 1.12. The maximum Gasteiger partial charge on any atom is 0.307 e. The predicted octanol–water partition coefficient (Wildman–Crippen LogP) is 8.93. The van der Waals surface area contributed by atoms with E-state index in [1.54, 1.807) is 6.33 Å². The summed E-state index contributed by atoms with van der Waals surface area (Å²) < 4.78 is 16.2. The van der Waals surface area contributed by atoms with Gasteiger partial charge < -0.3 is 20.3 Å². The van der Waals surface area contributed by atoms with Crippen LogP contribution in [0.1, 0.15) is 126 Å². The highest BCUT2D eigenvalue weighted by molar-refractivity contribution is 5.73. The molecule has 9 nitrogen and oxygen atoms in total. The van der Waals surface area contributed by atoms with Crippen LogP contribution in [-0.4, -0.2) is 62.3 Å². The minimum Gasteiger partial charge on any atom is -0.481 e. The Hall–Kier alpha value is -2.62. The molecule has 298 valence electrons. The van der Waals surface area contributed by atoms with Crippen molar-refractivity contribution in [3.05, 3.63) is 42.0 Å². The van der Waals surface area contributed by atoms with E-state index in [1.165, 1.54) is 5.57 Å². The zero-order valence-electron chi connectivity index (χ0n) is 35.3. The molecule has 12 atom stereocenters. The molecule has 2 bridgehead atoms. The number of carboxylic acid groups (broad SMARTS) is 1. The van der Waals surface area contributed by atoms with Crippen LogP contribution in [0.5, 0.6) is 0 Å². The summed E-state index contributed by atoms with van der Waals surface area (Å²) in [4.78, 5) is 22.9. The lowest BCUT2D eigenvalue weighted by molar-refractivity contribution is -0.253. The Kier molecular flexibility index (Phi) is 9.50. The number of carbonyl (C=O) groups is 1. The summed E-state index contributed by atoms with van der Waals surface area (Å²) in [6, 6.07) is 3.99. The number of aliphatic carboxylic acids is 1. The molecular weight excluding hydrogens is 675 g/mol. The summed E-state index contributed by atoms with van der Waals surface area (Å²) in [6.45, 7) is 28.6. The van der Waals surface area contributed by atoms with Gasteiger partial charge in [-0.25, -0.2) is 9.67 Å². The highest BCUT2D eigenvalue weighted by Gasteiger charge is 2.72. The van der Waals surface area contributed by atoms with Crippen LogP contribution in [0.2, 0.25) is 0 Å². The van der Waals surface area contributed by atoms with Crippen LogP contribution in [0.15, 0.2) is 36.3 Å². The van der Waals surface area contributed by atoms with E-state index in [0.717, 1.165) is 55.6 Å². The lowest BCUT2D eigenvalue weighted by atomic mass is 9.34. The van der Waals surface area contributed by atoms with E-state index < -0.39 is 17.4 Å². The number of nitrogens with two attached hydrogens (primary N) is 1. The van der Waals surface area contributed by atoms with Gasteiger partial charge in [-0.05, 0) is 110 Å². The van der Waals surface area contributed by atoms with Crippen molar-refractivity contribution in [3.8, 4) is 11.4 Å². The molecule has 2 aromatic rings. The maximum absolute atomic E-state index is 13.6.